The van der Waals surface area contributed by atoms with Crippen LogP contribution in [0.4, 0.5) is 0 Å². The molecule has 0 aromatic heterocycles. The molecule has 2 unspecified atom stereocenters. The van der Waals surface area contributed by atoms with Crippen molar-refractivity contribution in [1.29, 1.82) is 0 Å². The standard InChI is InChI=1S/C13H27N3O/c1-5-13(7-6-8-14-10-13)12(17)15-9-11(2)16(3)4/h11,14H,5-10H2,1-4H3,(H,15,17). The molecule has 0 aromatic carbocycles. The smallest absolute Gasteiger partial charge is 0.227 e. The zero-order valence-electron chi connectivity index (χ0n) is 11.7. The highest BCUT2D eigenvalue weighted by Crippen LogP contribution is 2.30. The highest BCUT2D eigenvalue weighted by molar-refractivity contribution is 5.83. The molecule has 0 aromatic rings. The molecule has 1 rings (SSSR count). The van der Waals surface area contributed by atoms with Crippen molar-refractivity contribution in [2.75, 3.05) is 33.7 Å². The third-order valence-corrected chi connectivity index (χ3v) is 4.07. The third-order valence-electron chi connectivity index (χ3n) is 4.07. The van der Waals surface area contributed by atoms with E-state index in [0.717, 1.165) is 38.9 Å². The molecule has 4 heteroatoms. The Labute approximate surface area is 105 Å². The number of carbonyl (C=O) groups excluding carboxylic acids is 1. The molecule has 2 atom stereocenters. The van der Waals surface area contributed by atoms with Crippen molar-refractivity contribution in [1.82, 2.24) is 15.5 Å². The molecule has 0 radical (unpaired) electrons. The number of hydrogen-bond acceptors (Lipinski definition) is 3. The average Bonchev–Trinajstić information content (AvgIpc) is 2.36. The summed E-state index contributed by atoms with van der Waals surface area (Å²) in [6.07, 6.45) is 3.03. The molecule has 0 spiro atoms. The molecule has 1 saturated heterocycles. The monoisotopic (exact) mass is 241 g/mol. The van der Waals surface area contributed by atoms with Gasteiger partial charge in [0.05, 0.1) is 5.41 Å². The zero-order valence-corrected chi connectivity index (χ0v) is 11.7. The van der Waals surface area contributed by atoms with Gasteiger partial charge in [-0.25, -0.2) is 0 Å². The number of carbonyl (C=O) groups is 1. The average molecular weight is 241 g/mol. The van der Waals surface area contributed by atoms with Gasteiger partial charge in [-0.1, -0.05) is 6.92 Å². The van der Waals surface area contributed by atoms with Crippen molar-refractivity contribution in [3.05, 3.63) is 0 Å². The van der Waals surface area contributed by atoms with Crippen LogP contribution in [-0.4, -0.2) is 50.6 Å². The van der Waals surface area contributed by atoms with Gasteiger partial charge in [0.15, 0.2) is 0 Å². The topological polar surface area (TPSA) is 44.4 Å². The predicted octanol–water partition coefficient (Wildman–Crippen LogP) is 0.833. The molecule has 1 heterocycles. The Balaban J connectivity index is 2.49. The Hall–Kier alpha value is -0.610. The summed E-state index contributed by atoms with van der Waals surface area (Å²) >= 11 is 0. The normalized spacial score (nSPS) is 26.9. The zero-order chi connectivity index (χ0) is 12.9. The first kappa shape index (κ1) is 14.5. The van der Waals surface area contributed by atoms with Crippen molar-refractivity contribution < 1.29 is 4.79 Å². The second-order valence-electron chi connectivity index (χ2n) is 5.44. The molecule has 1 aliphatic heterocycles. The van der Waals surface area contributed by atoms with E-state index in [2.05, 4.69) is 29.4 Å². The van der Waals surface area contributed by atoms with Crippen LogP contribution < -0.4 is 10.6 Å². The first-order chi connectivity index (χ1) is 8.02. The maximum atomic E-state index is 12.3. The summed E-state index contributed by atoms with van der Waals surface area (Å²) in [6, 6.07) is 0.379. The minimum absolute atomic E-state index is 0.176. The lowest BCUT2D eigenvalue weighted by molar-refractivity contribution is -0.132. The van der Waals surface area contributed by atoms with Crippen LogP contribution in [0.25, 0.3) is 0 Å². The van der Waals surface area contributed by atoms with Gasteiger partial charge in [0.2, 0.25) is 5.91 Å². The molecule has 2 N–H and O–H groups in total. The van der Waals surface area contributed by atoms with Gasteiger partial charge in [-0.05, 0) is 46.8 Å². The van der Waals surface area contributed by atoms with Crippen LogP contribution in [0.3, 0.4) is 0 Å². The van der Waals surface area contributed by atoms with E-state index in [9.17, 15) is 4.79 Å². The molecule has 0 saturated carbocycles. The van der Waals surface area contributed by atoms with Crippen molar-refractivity contribution in [3.63, 3.8) is 0 Å². The van der Waals surface area contributed by atoms with Crippen LogP contribution in [-0.2, 0) is 4.79 Å². The van der Waals surface area contributed by atoms with Crippen LogP contribution in [0.15, 0.2) is 0 Å². The summed E-state index contributed by atoms with van der Waals surface area (Å²) in [5.74, 6) is 0.223. The quantitative estimate of drug-likeness (QED) is 0.749. The maximum Gasteiger partial charge on any atom is 0.227 e. The lowest BCUT2D eigenvalue weighted by Crippen LogP contribution is -2.52. The fourth-order valence-electron chi connectivity index (χ4n) is 2.23. The van der Waals surface area contributed by atoms with Crippen LogP contribution >= 0.6 is 0 Å². The molecular weight excluding hydrogens is 214 g/mol. The van der Waals surface area contributed by atoms with E-state index in [-0.39, 0.29) is 11.3 Å². The highest BCUT2D eigenvalue weighted by atomic mass is 16.2. The van der Waals surface area contributed by atoms with E-state index in [0.29, 0.717) is 6.04 Å². The number of rotatable bonds is 5. The number of nitrogens with zero attached hydrogens (tertiary/aromatic N) is 1. The Morgan fingerprint density at radius 3 is 2.71 bits per heavy atom. The van der Waals surface area contributed by atoms with E-state index >= 15 is 0 Å². The van der Waals surface area contributed by atoms with Gasteiger partial charge < -0.3 is 15.5 Å². The number of piperidine rings is 1. The number of nitrogens with one attached hydrogen (secondary N) is 2. The summed E-state index contributed by atoms with van der Waals surface area (Å²) in [4.78, 5) is 14.4. The van der Waals surface area contributed by atoms with Gasteiger partial charge in [0.1, 0.15) is 0 Å². The second-order valence-corrected chi connectivity index (χ2v) is 5.44. The van der Waals surface area contributed by atoms with Gasteiger partial charge in [-0.2, -0.15) is 0 Å². The van der Waals surface area contributed by atoms with Gasteiger partial charge in [-0.3, -0.25) is 4.79 Å². The van der Waals surface area contributed by atoms with Crippen molar-refractivity contribution in [2.24, 2.45) is 5.41 Å². The van der Waals surface area contributed by atoms with Gasteiger partial charge in [-0.15, -0.1) is 0 Å². The van der Waals surface area contributed by atoms with Crippen molar-refractivity contribution in [3.8, 4) is 0 Å². The summed E-state index contributed by atoms with van der Waals surface area (Å²) in [5, 5.41) is 6.45. The van der Waals surface area contributed by atoms with Crippen LogP contribution in [0.2, 0.25) is 0 Å². The summed E-state index contributed by atoms with van der Waals surface area (Å²) in [5.41, 5.74) is -0.176. The minimum Gasteiger partial charge on any atom is -0.354 e. The molecule has 17 heavy (non-hydrogen) atoms. The number of likely N-dealkylation sites (N-methyl/N-ethyl adjacent to an activating group) is 1. The SMILES string of the molecule is CCC1(C(=O)NCC(C)N(C)C)CCCNC1. The minimum atomic E-state index is -0.176. The number of hydrogen-bond donors (Lipinski definition) is 2. The fourth-order valence-corrected chi connectivity index (χ4v) is 2.23. The summed E-state index contributed by atoms with van der Waals surface area (Å²) < 4.78 is 0. The number of amides is 1. The van der Waals surface area contributed by atoms with Gasteiger partial charge in [0, 0.05) is 19.1 Å². The Kier molecular flexibility index (Phi) is 5.40. The summed E-state index contributed by atoms with van der Waals surface area (Å²) in [6.45, 7) is 6.84. The molecule has 100 valence electrons. The lowest BCUT2D eigenvalue weighted by Gasteiger charge is -2.36. The van der Waals surface area contributed by atoms with Crippen LogP contribution in [0.5, 0.6) is 0 Å². The van der Waals surface area contributed by atoms with E-state index in [1.807, 2.05) is 14.1 Å². The molecular formula is C13H27N3O. The Bertz CT molecular complexity index is 247. The molecule has 4 nitrogen and oxygen atoms in total. The van der Waals surface area contributed by atoms with E-state index in [4.69, 9.17) is 0 Å². The van der Waals surface area contributed by atoms with E-state index in [1.165, 1.54) is 0 Å². The summed E-state index contributed by atoms with van der Waals surface area (Å²) in [7, 11) is 4.07. The van der Waals surface area contributed by atoms with Gasteiger partial charge in [0.25, 0.3) is 0 Å². The Morgan fingerprint density at radius 2 is 2.24 bits per heavy atom. The fraction of sp³-hybridized carbons (Fsp3) is 0.923. The van der Waals surface area contributed by atoms with Crippen LogP contribution in [0, 0.1) is 5.41 Å². The highest BCUT2D eigenvalue weighted by Gasteiger charge is 2.37. The molecule has 1 fully saturated rings. The van der Waals surface area contributed by atoms with E-state index < -0.39 is 0 Å². The van der Waals surface area contributed by atoms with Crippen molar-refractivity contribution >= 4 is 5.91 Å². The van der Waals surface area contributed by atoms with E-state index in [1.54, 1.807) is 0 Å². The Morgan fingerprint density at radius 1 is 1.53 bits per heavy atom. The first-order valence-electron chi connectivity index (χ1n) is 6.67. The first-order valence-corrected chi connectivity index (χ1v) is 6.67. The predicted molar refractivity (Wildman–Crippen MR) is 71.0 cm³/mol. The van der Waals surface area contributed by atoms with Crippen molar-refractivity contribution in [2.45, 2.75) is 39.2 Å². The largest absolute Gasteiger partial charge is 0.354 e. The second kappa shape index (κ2) is 6.36. The third kappa shape index (κ3) is 3.68. The molecule has 1 aliphatic rings. The lowest BCUT2D eigenvalue weighted by atomic mass is 9.77. The molecule has 1 amide bonds. The molecule has 0 bridgehead atoms. The maximum absolute atomic E-state index is 12.3. The van der Waals surface area contributed by atoms with Gasteiger partial charge >= 0.3 is 0 Å². The molecule has 0 aliphatic carbocycles. The van der Waals surface area contributed by atoms with Crippen LogP contribution in [0.1, 0.15) is 33.1 Å².